The molecule has 0 saturated carbocycles. The summed E-state index contributed by atoms with van der Waals surface area (Å²) in [6.45, 7) is 3.67. The van der Waals surface area contributed by atoms with E-state index in [0.29, 0.717) is 21.9 Å². The van der Waals surface area contributed by atoms with E-state index in [1.165, 1.54) is 18.2 Å². The van der Waals surface area contributed by atoms with Gasteiger partial charge in [0.25, 0.3) is 0 Å². The van der Waals surface area contributed by atoms with E-state index >= 15 is 0 Å². The van der Waals surface area contributed by atoms with Gasteiger partial charge in [0.15, 0.2) is 0 Å². The summed E-state index contributed by atoms with van der Waals surface area (Å²) >= 11 is 5.84. The highest BCUT2D eigenvalue weighted by atomic mass is 35.5. The van der Waals surface area contributed by atoms with Crippen LogP contribution in [0.1, 0.15) is 29.7 Å². The van der Waals surface area contributed by atoms with Crippen LogP contribution in [0.3, 0.4) is 0 Å². The summed E-state index contributed by atoms with van der Waals surface area (Å²) in [5.74, 6) is 0.185. The summed E-state index contributed by atoms with van der Waals surface area (Å²) in [5.41, 5.74) is 2.10. The second-order valence-electron chi connectivity index (χ2n) is 4.74. The Morgan fingerprint density at radius 2 is 2.00 bits per heavy atom. The zero-order chi connectivity index (χ0) is 14.7. The van der Waals surface area contributed by atoms with Crippen LogP contribution in [-0.4, -0.2) is 5.11 Å². The number of rotatable bonds is 4. The van der Waals surface area contributed by atoms with Gasteiger partial charge in [-0.1, -0.05) is 23.2 Å². The minimum absolute atomic E-state index is 0.0647. The topological polar surface area (TPSA) is 29.5 Å². The molecular formula is C16H16ClFO2. The van der Waals surface area contributed by atoms with Crippen LogP contribution in [-0.2, 0) is 6.61 Å². The minimum Gasteiger partial charge on any atom is -0.488 e. The molecule has 2 aromatic rings. The SMILES string of the molecule is Cc1ccc(OCc2cc(Cl)ccc2F)c(C(C)O)c1. The molecule has 0 aliphatic heterocycles. The van der Waals surface area contributed by atoms with E-state index < -0.39 is 6.10 Å². The Balaban J connectivity index is 2.20. The second-order valence-corrected chi connectivity index (χ2v) is 5.18. The van der Waals surface area contributed by atoms with Crippen molar-refractivity contribution >= 4 is 11.6 Å². The van der Waals surface area contributed by atoms with Crippen molar-refractivity contribution in [3.8, 4) is 5.75 Å². The highest BCUT2D eigenvalue weighted by Gasteiger charge is 2.11. The van der Waals surface area contributed by atoms with E-state index in [1.54, 1.807) is 13.0 Å². The van der Waals surface area contributed by atoms with Gasteiger partial charge in [-0.25, -0.2) is 4.39 Å². The van der Waals surface area contributed by atoms with E-state index in [2.05, 4.69) is 0 Å². The van der Waals surface area contributed by atoms with Crippen LogP contribution in [0.4, 0.5) is 4.39 Å². The number of aliphatic hydroxyl groups is 1. The number of hydrogen-bond donors (Lipinski definition) is 1. The van der Waals surface area contributed by atoms with Crippen LogP contribution >= 0.6 is 11.6 Å². The highest BCUT2D eigenvalue weighted by molar-refractivity contribution is 6.30. The third-order valence-electron chi connectivity index (χ3n) is 3.01. The Kier molecular flexibility index (Phi) is 4.63. The molecule has 1 atom stereocenters. The van der Waals surface area contributed by atoms with Crippen molar-refractivity contribution in [1.29, 1.82) is 0 Å². The third kappa shape index (κ3) is 3.50. The van der Waals surface area contributed by atoms with Crippen molar-refractivity contribution in [2.75, 3.05) is 0 Å². The van der Waals surface area contributed by atoms with Gasteiger partial charge < -0.3 is 9.84 Å². The number of aliphatic hydroxyl groups excluding tert-OH is 1. The molecule has 0 fully saturated rings. The van der Waals surface area contributed by atoms with Crippen LogP contribution in [0, 0.1) is 12.7 Å². The first-order valence-corrected chi connectivity index (χ1v) is 6.70. The second kappa shape index (κ2) is 6.25. The van der Waals surface area contributed by atoms with Crippen molar-refractivity contribution in [3.05, 3.63) is 63.9 Å². The molecule has 1 unspecified atom stereocenters. The minimum atomic E-state index is -0.644. The molecule has 20 heavy (non-hydrogen) atoms. The normalized spacial score (nSPS) is 12.2. The van der Waals surface area contributed by atoms with Gasteiger partial charge in [0, 0.05) is 16.1 Å². The van der Waals surface area contributed by atoms with Gasteiger partial charge in [-0.05, 0) is 44.2 Å². The van der Waals surface area contributed by atoms with E-state index in [-0.39, 0.29) is 12.4 Å². The van der Waals surface area contributed by atoms with Gasteiger partial charge in [-0.3, -0.25) is 0 Å². The zero-order valence-electron chi connectivity index (χ0n) is 11.4. The highest BCUT2D eigenvalue weighted by Crippen LogP contribution is 2.27. The Bertz CT molecular complexity index is 611. The van der Waals surface area contributed by atoms with Gasteiger partial charge in [0.2, 0.25) is 0 Å². The first kappa shape index (κ1) is 14.8. The average Bonchev–Trinajstić information content (AvgIpc) is 2.40. The largest absolute Gasteiger partial charge is 0.488 e. The molecule has 106 valence electrons. The molecule has 0 aromatic heterocycles. The van der Waals surface area contributed by atoms with Crippen molar-refractivity contribution in [2.24, 2.45) is 0 Å². The predicted molar refractivity (Wildman–Crippen MR) is 77.6 cm³/mol. The molecule has 1 N–H and O–H groups in total. The van der Waals surface area contributed by atoms with Crippen molar-refractivity contribution in [3.63, 3.8) is 0 Å². The fourth-order valence-corrected chi connectivity index (χ4v) is 2.13. The molecule has 0 aliphatic rings. The molecule has 2 aromatic carbocycles. The van der Waals surface area contributed by atoms with Crippen molar-refractivity contribution in [1.82, 2.24) is 0 Å². The summed E-state index contributed by atoms with van der Waals surface area (Å²) in [6, 6.07) is 9.86. The smallest absolute Gasteiger partial charge is 0.129 e. The van der Waals surface area contributed by atoms with Crippen LogP contribution in [0.5, 0.6) is 5.75 Å². The van der Waals surface area contributed by atoms with Gasteiger partial charge >= 0.3 is 0 Å². The molecular weight excluding hydrogens is 279 g/mol. The maximum atomic E-state index is 13.6. The van der Waals surface area contributed by atoms with Crippen LogP contribution < -0.4 is 4.74 Å². The van der Waals surface area contributed by atoms with E-state index in [9.17, 15) is 9.50 Å². The Morgan fingerprint density at radius 1 is 1.25 bits per heavy atom. The maximum absolute atomic E-state index is 13.6. The first-order chi connectivity index (χ1) is 9.47. The Morgan fingerprint density at radius 3 is 2.70 bits per heavy atom. The Labute approximate surface area is 122 Å². The summed E-state index contributed by atoms with van der Waals surface area (Å²) in [7, 11) is 0. The van der Waals surface area contributed by atoms with Crippen LogP contribution in [0.15, 0.2) is 36.4 Å². The van der Waals surface area contributed by atoms with E-state index in [4.69, 9.17) is 16.3 Å². The predicted octanol–water partition coefficient (Wildman–Crippen LogP) is 4.42. The number of hydrogen-bond acceptors (Lipinski definition) is 2. The lowest BCUT2D eigenvalue weighted by atomic mass is 10.1. The van der Waals surface area contributed by atoms with Crippen molar-refractivity contribution in [2.45, 2.75) is 26.6 Å². The molecule has 0 heterocycles. The summed E-state index contributed by atoms with van der Waals surface area (Å²) < 4.78 is 19.2. The molecule has 0 radical (unpaired) electrons. The molecule has 0 amide bonds. The lowest BCUT2D eigenvalue weighted by molar-refractivity contribution is 0.189. The fraction of sp³-hybridized carbons (Fsp3) is 0.250. The number of halogens is 2. The third-order valence-corrected chi connectivity index (χ3v) is 3.24. The van der Waals surface area contributed by atoms with Gasteiger partial charge in [-0.2, -0.15) is 0 Å². The number of ether oxygens (including phenoxy) is 1. The average molecular weight is 295 g/mol. The van der Waals surface area contributed by atoms with E-state index in [1.807, 2.05) is 19.1 Å². The molecule has 4 heteroatoms. The van der Waals surface area contributed by atoms with E-state index in [0.717, 1.165) is 5.56 Å². The summed E-state index contributed by atoms with van der Waals surface area (Å²) in [5, 5.41) is 10.2. The van der Waals surface area contributed by atoms with Crippen molar-refractivity contribution < 1.29 is 14.2 Å². The van der Waals surface area contributed by atoms with Gasteiger partial charge in [-0.15, -0.1) is 0 Å². The monoisotopic (exact) mass is 294 g/mol. The number of aryl methyl sites for hydroxylation is 1. The summed E-state index contributed by atoms with van der Waals surface area (Å²) in [6.07, 6.45) is -0.644. The van der Waals surface area contributed by atoms with Gasteiger partial charge in [0.05, 0.1) is 6.10 Å². The molecule has 2 rings (SSSR count). The Hall–Kier alpha value is -1.58. The maximum Gasteiger partial charge on any atom is 0.129 e. The lowest BCUT2D eigenvalue weighted by Gasteiger charge is -2.14. The molecule has 0 spiro atoms. The standard InChI is InChI=1S/C16H16ClFO2/c1-10-3-6-16(14(7-10)11(2)19)20-9-12-8-13(17)4-5-15(12)18/h3-8,11,19H,9H2,1-2H3. The summed E-state index contributed by atoms with van der Waals surface area (Å²) in [4.78, 5) is 0. The van der Waals surface area contributed by atoms with Crippen LogP contribution in [0.2, 0.25) is 5.02 Å². The first-order valence-electron chi connectivity index (χ1n) is 6.32. The zero-order valence-corrected chi connectivity index (χ0v) is 12.1. The quantitative estimate of drug-likeness (QED) is 0.904. The molecule has 0 bridgehead atoms. The molecule has 0 saturated heterocycles. The lowest BCUT2D eigenvalue weighted by Crippen LogP contribution is -2.03. The van der Waals surface area contributed by atoms with Crippen LogP contribution in [0.25, 0.3) is 0 Å². The number of benzene rings is 2. The molecule has 0 aliphatic carbocycles. The molecule has 2 nitrogen and oxygen atoms in total. The van der Waals surface area contributed by atoms with Gasteiger partial charge in [0.1, 0.15) is 18.2 Å². The fourth-order valence-electron chi connectivity index (χ4n) is 1.94.